The number of benzene rings is 2. The standard InChI is InChI=1S/C18H18N2O6/c21-17(19-12-13-7-9-14(10-8-13)18(22)23)6-3-11-26-16-5-2-1-4-15(16)20(24)25/h1-2,4-5,7-10H,3,6,11-12H2,(H,19,21)(H,22,23). The average Bonchev–Trinajstić information content (AvgIpc) is 2.64. The van der Waals surface area contributed by atoms with Gasteiger partial charge in [-0.25, -0.2) is 4.79 Å². The fourth-order valence-corrected chi connectivity index (χ4v) is 2.20. The lowest BCUT2D eigenvalue weighted by atomic mass is 10.1. The van der Waals surface area contributed by atoms with Gasteiger partial charge < -0.3 is 15.2 Å². The van der Waals surface area contributed by atoms with Gasteiger partial charge in [-0.3, -0.25) is 14.9 Å². The van der Waals surface area contributed by atoms with Crippen LogP contribution in [0.15, 0.2) is 48.5 Å². The number of nitrogens with zero attached hydrogens (tertiary/aromatic N) is 1. The minimum absolute atomic E-state index is 0.109. The van der Waals surface area contributed by atoms with E-state index in [1.54, 1.807) is 24.3 Å². The average molecular weight is 358 g/mol. The topological polar surface area (TPSA) is 119 Å². The fourth-order valence-electron chi connectivity index (χ4n) is 2.20. The van der Waals surface area contributed by atoms with Crippen LogP contribution in [0.25, 0.3) is 0 Å². The first-order valence-corrected chi connectivity index (χ1v) is 7.92. The van der Waals surface area contributed by atoms with E-state index < -0.39 is 10.9 Å². The summed E-state index contributed by atoms with van der Waals surface area (Å²) in [5.74, 6) is -1.01. The van der Waals surface area contributed by atoms with Crippen molar-refractivity contribution in [1.29, 1.82) is 0 Å². The van der Waals surface area contributed by atoms with E-state index in [-0.39, 0.29) is 35.9 Å². The van der Waals surface area contributed by atoms with Crippen molar-refractivity contribution in [2.75, 3.05) is 6.61 Å². The zero-order valence-electron chi connectivity index (χ0n) is 13.9. The number of nitrogens with one attached hydrogen (secondary N) is 1. The lowest BCUT2D eigenvalue weighted by Gasteiger charge is -2.08. The number of amides is 1. The molecule has 2 rings (SSSR count). The summed E-state index contributed by atoms with van der Waals surface area (Å²) in [5, 5.41) is 22.4. The molecular formula is C18H18N2O6. The molecule has 0 aliphatic rings. The first-order chi connectivity index (χ1) is 12.5. The van der Waals surface area contributed by atoms with Crippen LogP contribution in [0.1, 0.15) is 28.8 Å². The van der Waals surface area contributed by atoms with Crippen LogP contribution < -0.4 is 10.1 Å². The Morgan fingerprint density at radius 2 is 1.81 bits per heavy atom. The first-order valence-electron chi connectivity index (χ1n) is 7.92. The number of rotatable bonds is 9. The molecule has 2 aromatic rings. The number of carbonyl (C=O) groups is 2. The van der Waals surface area contributed by atoms with Gasteiger partial charge in [-0.2, -0.15) is 0 Å². The third-order valence-corrected chi connectivity index (χ3v) is 3.56. The molecule has 0 heterocycles. The van der Waals surface area contributed by atoms with Crippen LogP contribution in [0.4, 0.5) is 5.69 Å². The molecule has 8 nitrogen and oxygen atoms in total. The fraction of sp³-hybridized carbons (Fsp3) is 0.222. The Morgan fingerprint density at radius 1 is 1.12 bits per heavy atom. The summed E-state index contributed by atoms with van der Waals surface area (Å²) in [6.07, 6.45) is 0.629. The van der Waals surface area contributed by atoms with Crippen molar-refractivity contribution < 1.29 is 24.4 Å². The Bertz CT molecular complexity index is 789. The smallest absolute Gasteiger partial charge is 0.335 e. The predicted molar refractivity (Wildman–Crippen MR) is 93.1 cm³/mol. The van der Waals surface area contributed by atoms with E-state index >= 15 is 0 Å². The minimum atomic E-state index is -1.00. The Kier molecular flexibility index (Phi) is 6.67. The molecule has 0 atom stereocenters. The Labute approximate surface area is 149 Å². The molecule has 0 aromatic heterocycles. The van der Waals surface area contributed by atoms with E-state index in [2.05, 4.69) is 5.32 Å². The third-order valence-electron chi connectivity index (χ3n) is 3.56. The Morgan fingerprint density at radius 3 is 2.46 bits per heavy atom. The number of carboxylic acid groups (broad SMARTS) is 1. The zero-order chi connectivity index (χ0) is 18.9. The van der Waals surface area contributed by atoms with Crippen molar-refractivity contribution in [2.24, 2.45) is 0 Å². The molecule has 0 saturated heterocycles. The molecule has 0 fully saturated rings. The maximum Gasteiger partial charge on any atom is 0.335 e. The monoisotopic (exact) mass is 358 g/mol. The Hall–Kier alpha value is -3.42. The van der Waals surface area contributed by atoms with Crippen LogP contribution in [-0.4, -0.2) is 28.5 Å². The number of carboxylic acids is 1. The van der Waals surface area contributed by atoms with Gasteiger partial charge >= 0.3 is 11.7 Å². The molecule has 0 aliphatic heterocycles. The number of hydrogen-bond donors (Lipinski definition) is 2. The molecule has 0 spiro atoms. The SMILES string of the molecule is O=C(CCCOc1ccccc1[N+](=O)[O-])NCc1ccc(C(=O)O)cc1. The van der Waals surface area contributed by atoms with E-state index in [0.29, 0.717) is 13.0 Å². The summed E-state index contributed by atoms with van der Waals surface area (Å²) < 4.78 is 5.37. The second-order valence-electron chi connectivity index (χ2n) is 5.46. The van der Waals surface area contributed by atoms with Gasteiger partial charge in [-0.1, -0.05) is 24.3 Å². The highest BCUT2D eigenvalue weighted by Gasteiger charge is 2.13. The number of ether oxygens (including phenoxy) is 1. The van der Waals surface area contributed by atoms with E-state index in [0.717, 1.165) is 5.56 Å². The van der Waals surface area contributed by atoms with E-state index in [9.17, 15) is 19.7 Å². The molecule has 2 aromatic carbocycles. The van der Waals surface area contributed by atoms with Crippen LogP contribution in [-0.2, 0) is 11.3 Å². The maximum absolute atomic E-state index is 11.8. The summed E-state index contributed by atoms with van der Waals surface area (Å²) in [6.45, 7) is 0.481. The highest BCUT2D eigenvalue weighted by Crippen LogP contribution is 2.25. The number of carbonyl (C=O) groups excluding carboxylic acids is 1. The van der Waals surface area contributed by atoms with Crippen molar-refractivity contribution in [3.8, 4) is 5.75 Å². The predicted octanol–water partition coefficient (Wildman–Crippen LogP) is 2.77. The van der Waals surface area contributed by atoms with Gasteiger partial charge in [0.25, 0.3) is 0 Å². The minimum Gasteiger partial charge on any atom is -0.487 e. The lowest BCUT2D eigenvalue weighted by Crippen LogP contribution is -2.23. The molecule has 0 aliphatic carbocycles. The summed E-state index contributed by atoms with van der Waals surface area (Å²) in [5.41, 5.74) is 0.869. The van der Waals surface area contributed by atoms with Gasteiger partial charge in [-0.15, -0.1) is 0 Å². The normalized spacial score (nSPS) is 10.2. The number of aromatic carboxylic acids is 1. The van der Waals surface area contributed by atoms with Gasteiger partial charge in [0.15, 0.2) is 5.75 Å². The maximum atomic E-state index is 11.8. The van der Waals surface area contributed by atoms with E-state index in [4.69, 9.17) is 9.84 Å². The van der Waals surface area contributed by atoms with Gasteiger partial charge in [0.2, 0.25) is 5.91 Å². The third kappa shape index (κ3) is 5.59. The highest BCUT2D eigenvalue weighted by molar-refractivity contribution is 5.87. The molecule has 0 saturated carbocycles. The lowest BCUT2D eigenvalue weighted by molar-refractivity contribution is -0.385. The molecule has 8 heteroatoms. The molecule has 1 amide bonds. The van der Waals surface area contributed by atoms with Crippen LogP contribution in [0.5, 0.6) is 5.75 Å². The van der Waals surface area contributed by atoms with Crippen molar-refractivity contribution in [3.05, 3.63) is 69.8 Å². The first kappa shape index (κ1) is 18.9. The molecule has 0 radical (unpaired) electrons. The van der Waals surface area contributed by atoms with Crippen molar-refractivity contribution in [2.45, 2.75) is 19.4 Å². The Balaban J connectivity index is 1.71. The quantitative estimate of drug-likeness (QED) is 0.404. The second-order valence-corrected chi connectivity index (χ2v) is 5.46. The zero-order valence-corrected chi connectivity index (χ0v) is 13.9. The van der Waals surface area contributed by atoms with Gasteiger partial charge in [0.1, 0.15) is 0 Å². The van der Waals surface area contributed by atoms with Crippen LogP contribution in [0.3, 0.4) is 0 Å². The van der Waals surface area contributed by atoms with Crippen LogP contribution in [0, 0.1) is 10.1 Å². The largest absolute Gasteiger partial charge is 0.487 e. The summed E-state index contributed by atoms with van der Waals surface area (Å²) in [4.78, 5) is 32.9. The van der Waals surface area contributed by atoms with Crippen LogP contribution >= 0.6 is 0 Å². The molecular weight excluding hydrogens is 340 g/mol. The molecule has 0 unspecified atom stereocenters. The van der Waals surface area contributed by atoms with Crippen LogP contribution in [0.2, 0.25) is 0 Å². The molecule has 136 valence electrons. The summed E-state index contributed by atoms with van der Waals surface area (Å²) >= 11 is 0. The molecule has 0 bridgehead atoms. The van der Waals surface area contributed by atoms with E-state index in [1.165, 1.54) is 24.3 Å². The molecule has 26 heavy (non-hydrogen) atoms. The highest BCUT2D eigenvalue weighted by atomic mass is 16.6. The van der Waals surface area contributed by atoms with E-state index in [1.807, 2.05) is 0 Å². The van der Waals surface area contributed by atoms with Crippen molar-refractivity contribution in [1.82, 2.24) is 5.32 Å². The summed E-state index contributed by atoms with van der Waals surface area (Å²) in [7, 11) is 0. The second kappa shape index (κ2) is 9.16. The van der Waals surface area contributed by atoms with Crippen molar-refractivity contribution >= 4 is 17.6 Å². The number of para-hydroxylation sites is 2. The van der Waals surface area contributed by atoms with Gasteiger partial charge in [-0.05, 0) is 30.2 Å². The summed E-state index contributed by atoms with van der Waals surface area (Å²) in [6, 6.07) is 12.3. The number of hydrogen-bond acceptors (Lipinski definition) is 5. The van der Waals surface area contributed by atoms with Gasteiger partial charge in [0.05, 0.1) is 17.1 Å². The molecule has 2 N–H and O–H groups in total. The van der Waals surface area contributed by atoms with Crippen molar-refractivity contribution in [3.63, 3.8) is 0 Å². The number of nitro groups is 1. The number of nitro benzene ring substituents is 1. The van der Waals surface area contributed by atoms with Gasteiger partial charge in [0, 0.05) is 19.0 Å².